The molecule has 4 N–H and O–H groups in total. The molecule has 0 aromatic carbocycles. The average molecular weight is 311 g/mol. The van der Waals surface area contributed by atoms with Crippen LogP contribution in [-0.4, -0.2) is 62.6 Å². The van der Waals surface area contributed by atoms with Gasteiger partial charge in [-0.3, -0.25) is 14.2 Å². The highest BCUT2D eigenvalue weighted by molar-refractivity contribution is 7.53. The van der Waals surface area contributed by atoms with Crippen LogP contribution in [-0.2, 0) is 14.2 Å². The Balaban J connectivity index is 4.91. The SMILES string of the molecule is CCCCCN(C)CC(C(=O)O)C(C(=O)O)P(=O)(O)O. The van der Waals surface area contributed by atoms with E-state index in [4.69, 9.17) is 20.0 Å². The summed E-state index contributed by atoms with van der Waals surface area (Å²) in [5, 5.41) is 17.9. The molecule has 20 heavy (non-hydrogen) atoms. The molecule has 0 saturated heterocycles. The van der Waals surface area contributed by atoms with Crippen molar-refractivity contribution in [3.63, 3.8) is 0 Å². The van der Waals surface area contributed by atoms with E-state index in [-0.39, 0.29) is 6.54 Å². The van der Waals surface area contributed by atoms with E-state index >= 15 is 0 Å². The number of rotatable bonds is 10. The third-order valence-electron chi connectivity index (χ3n) is 2.97. The molecule has 0 aromatic heterocycles. The largest absolute Gasteiger partial charge is 0.481 e. The molecular weight excluding hydrogens is 289 g/mol. The van der Waals surface area contributed by atoms with E-state index in [0.29, 0.717) is 6.54 Å². The molecule has 2 unspecified atom stereocenters. The van der Waals surface area contributed by atoms with Gasteiger partial charge in [0.2, 0.25) is 0 Å². The lowest BCUT2D eigenvalue weighted by molar-refractivity contribution is -0.148. The van der Waals surface area contributed by atoms with Gasteiger partial charge >= 0.3 is 19.5 Å². The fourth-order valence-electron chi connectivity index (χ4n) is 1.92. The molecule has 0 rings (SSSR count). The van der Waals surface area contributed by atoms with E-state index < -0.39 is 31.1 Å². The number of carbonyl (C=O) groups is 2. The van der Waals surface area contributed by atoms with Gasteiger partial charge in [-0.1, -0.05) is 19.8 Å². The van der Waals surface area contributed by atoms with Crippen LogP contribution in [0.15, 0.2) is 0 Å². The lowest BCUT2D eigenvalue weighted by atomic mass is 10.0. The standard InChI is InChI=1S/C11H22NO7P/c1-3-4-5-6-12(2)7-8(10(13)14)9(11(15)16)20(17,18)19/h8-9H,3-7H2,1-2H3,(H,13,14)(H,15,16)(H2,17,18,19). The molecule has 118 valence electrons. The fourth-order valence-corrected chi connectivity index (χ4v) is 2.90. The molecular formula is C11H22NO7P. The van der Waals surface area contributed by atoms with E-state index in [1.807, 2.05) is 6.92 Å². The van der Waals surface area contributed by atoms with Crippen molar-refractivity contribution in [1.29, 1.82) is 0 Å². The molecule has 0 aliphatic rings. The molecule has 0 amide bonds. The molecule has 0 bridgehead atoms. The molecule has 0 aliphatic heterocycles. The predicted molar refractivity (Wildman–Crippen MR) is 71.6 cm³/mol. The fraction of sp³-hybridized carbons (Fsp3) is 0.818. The van der Waals surface area contributed by atoms with Crippen LogP contribution in [0.2, 0.25) is 0 Å². The summed E-state index contributed by atoms with van der Waals surface area (Å²) < 4.78 is 11.2. The maximum absolute atomic E-state index is 11.2. The van der Waals surface area contributed by atoms with Gasteiger partial charge in [0.25, 0.3) is 0 Å². The Hall–Kier alpha value is -0.950. The van der Waals surface area contributed by atoms with E-state index in [9.17, 15) is 14.2 Å². The zero-order valence-corrected chi connectivity index (χ0v) is 12.5. The van der Waals surface area contributed by atoms with Crippen molar-refractivity contribution in [3.8, 4) is 0 Å². The Morgan fingerprint density at radius 3 is 2.05 bits per heavy atom. The van der Waals surface area contributed by atoms with Gasteiger partial charge in [0.15, 0.2) is 5.66 Å². The van der Waals surface area contributed by atoms with E-state index in [1.165, 1.54) is 0 Å². The smallest absolute Gasteiger partial charge is 0.340 e. The van der Waals surface area contributed by atoms with Crippen LogP contribution in [0.1, 0.15) is 26.2 Å². The van der Waals surface area contributed by atoms with Crippen molar-refractivity contribution < 1.29 is 34.2 Å². The maximum atomic E-state index is 11.2. The van der Waals surface area contributed by atoms with Crippen molar-refractivity contribution in [2.24, 2.45) is 5.92 Å². The molecule has 0 heterocycles. The number of nitrogens with zero attached hydrogens (tertiary/aromatic N) is 1. The van der Waals surface area contributed by atoms with Gasteiger partial charge in [-0.25, -0.2) is 0 Å². The second kappa shape index (κ2) is 8.36. The number of hydrogen-bond acceptors (Lipinski definition) is 4. The Kier molecular flexibility index (Phi) is 7.96. The number of hydrogen-bond donors (Lipinski definition) is 4. The van der Waals surface area contributed by atoms with E-state index in [2.05, 4.69) is 0 Å². The number of aliphatic carboxylic acids is 2. The van der Waals surface area contributed by atoms with E-state index in [1.54, 1.807) is 11.9 Å². The van der Waals surface area contributed by atoms with E-state index in [0.717, 1.165) is 19.3 Å². The molecule has 0 aliphatic carbocycles. The van der Waals surface area contributed by atoms with Gasteiger partial charge in [-0.05, 0) is 20.0 Å². The first-order chi connectivity index (χ1) is 9.11. The van der Waals surface area contributed by atoms with Crippen LogP contribution in [0.3, 0.4) is 0 Å². The lowest BCUT2D eigenvalue weighted by Gasteiger charge is -2.26. The van der Waals surface area contributed by atoms with Crippen LogP contribution >= 0.6 is 7.60 Å². The first-order valence-corrected chi connectivity index (χ1v) is 7.98. The first kappa shape index (κ1) is 19.1. The Morgan fingerprint density at radius 2 is 1.70 bits per heavy atom. The summed E-state index contributed by atoms with van der Waals surface area (Å²) in [4.78, 5) is 41.8. The monoisotopic (exact) mass is 311 g/mol. The minimum Gasteiger partial charge on any atom is -0.481 e. The summed E-state index contributed by atoms with van der Waals surface area (Å²) in [6, 6.07) is 0. The van der Waals surface area contributed by atoms with Gasteiger partial charge in [0.1, 0.15) is 0 Å². The third kappa shape index (κ3) is 6.47. The lowest BCUT2D eigenvalue weighted by Crippen LogP contribution is -2.42. The van der Waals surface area contributed by atoms with Crippen LogP contribution < -0.4 is 0 Å². The first-order valence-electron chi connectivity index (χ1n) is 6.30. The topological polar surface area (TPSA) is 135 Å². The summed E-state index contributed by atoms with van der Waals surface area (Å²) in [5.41, 5.74) is -2.23. The van der Waals surface area contributed by atoms with Crippen molar-refractivity contribution in [2.45, 2.75) is 31.8 Å². The second-order valence-electron chi connectivity index (χ2n) is 4.79. The Morgan fingerprint density at radius 1 is 1.15 bits per heavy atom. The molecule has 2 atom stereocenters. The molecule has 0 fully saturated rings. The number of carboxylic acids is 2. The minimum atomic E-state index is -5.04. The summed E-state index contributed by atoms with van der Waals surface area (Å²) in [6.07, 6.45) is 2.74. The highest BCUT2D eigenvalue weighted by atomic mass is 31.2. The summed E-state index contributed by atoms with van der Waals surface area (Å²) >= 11 is 0. The normalized spacial score (nSPS) is 15.1. The van der Waals surface area contributed by atoms with Crippen LogP contribution in [0.4, 0.5) is 0 Å². The van der Waals surface area contributed by atoms with Crippen molar-refractivity contribution in [2.75, 3.05) is 20.1 Å². The van der Waals surface area contributed by atoms with Gasteiger partial charge in [0.05, 0.1) is 5.92 Å². The Bertz CT molecular complexity index is 381. The quantitative estimate of drug-likeness (QED) is 0.337. The summed E-state index contributed by atoms with van der Waals surface area (Å²) in [5.74, 6) is -4.98. The molecule has 0 aromatic rings. The van der Waals surface area contributed by atoms with Crippen LogP contribution in [0, 0.1) is 5.92 Å². The van der Waals surface area contributed by atoms with Gasteiger partial charge < -0.3 is 24.9 Å². The second-order valence-corrected chi connectivity index (χ2v) is 6.52. The third-order valence-corrected chi connectivity index (χ3v) is 4.27. The molecule has 8 nitrogen and oxygen atoms in total. The molecule has 0 spiro atoms. The van der Waals surface area contributed by atoms with Gasteiger partial charge in [0, 0.05) is 6.54 Å². The van der Waals surface area contributed by atoms with Gasteiger partial charge in [-0.2, -0.15) is 0 Å². The minimum absolute atomic E-state index is 0.221. The van der Waals surface area contributed by atoms with Crippen molar-refractivity contribution in [3.05, 3.63) is 0 Å². The van der Waals surface area contributed by atoms with Gasteiger partial charge in [-0.15, -0.1) is 0 Å². The van der Waals surface area contributed by atoms with Crippen LogP contribution in [0.5, 0.6) is 0 Å². The van der Waals surface area contributed by atoms with Crippen molar-refractivity contribution in [1.82, 2.24) is 4.90 Å². The predicted octanol–water partition coefficient (Wildman–Crippen LogP) is 0.440. The van der Waals surface area contributed by atoms with Crippen molar-refractivity contribution >= 4 is 19.5 Å². The molecule has 9 heteroatoms. The molecule has 0 radical (unpaired) electrons. The number of unbranched alkanes of at least 4 members (excludes halogenated alkanes) is 2. The molecule has 0 saturated carbocycles. The summed E-state index contributed by atoms with van der Waals surface area (Å²) in [7, 11) is -3.44. The number of carboxylic acid groups (broad SMARTS) is 2. The average Bonchev–Trinajstić information content (AvgIpc) is 2.25. The maximum Gasteiger partial charge on any atom is 0.340 e. The zero-order valence-electron chi connectivity index (χ0n) is 11.6. The van der Waals surface area contributed by atoms with Crippen LogP contribution in [0.25, 0.3) is 0 Å². The zero-order chi connectivity index (χ0) is 15.9. The summed E-state index contributed by atoms with van der Waals surface area (Å²) in [6.45, 7) is 2.33. The highest BCUT2D eigenvalue weighted by Gasteiger charge is 2.46. The Labute approximate surface area is 117 Å². The highest BCUT2D eigenvalue weighted by Crippen LogP contribution is 2.45.